The van der Waals surface area contributed by atoms with Crippen LogP contribution in [0.1, 0.15) is 21.5 Å². The van der Waals surface area contributed by atoms with Crippen molar-refractivity contribution in [1.82, 2.24) is 4.57 Å². The minimum absolute atomic E-state index is 0.121. The maximum absolute atomic E-state index is 13.8. The van der Waals surface area contributed by atoms with Gasteiger partial charge in [-0.25, -0.2) is 8.78 Å². The van der Waals surface area contributed by atoms with Crippen molar-refractivity contribution in [2.75, 3.05) is 0 Å². The highest BCUT2D eigenvalue weighted by Gasteiger charge is 2.19. The van der Waals surface area contributed by atoms with E-state index in [1.807, 2.05) is 36.7 Å². The summed E-state index contributed by atoms with van der Waals surface area (Å²) in [5.41, 5.74) is 2.28. The molecule has 0 unspecified atom stereocenters. The van der Waals surface area contributed by atoms with E-state index in [0.29, 0.717) is 5.56 Å². The molecule has 106 valence electrons. The molecule has 21 heavy (non-hydrogen) atoms. The average Bonchev–Trinajstić information content (AvgIpc) is 2.75. The smallest absolute Gasteiger partial charge is 0.198 e. The minimum Gasteiger partial charge on any atom is -0.350 e. The highest BCUT2D eigenvalue weighted by Crippen LogP contribution is 2.25. The van der Waals surface area contributed by atoms with E-state index in [2.05, 4.69) is 0 Å². The van der Waals surface area contributed by atoms with Crippen molar-refractivity contribution in [2.24, 2.45) is 7.05 Å². The Morgan fingerprint density at radius 1 is 1.05 bits per heavy atom. The maximum Gasteiger partial charge on any atom is 0.198 e. The standard InChI is InChI=1S/C17H13F2NO/c1-10-3-5-12-14(9-20(2)16(12)7-10)17(21)13-6-4-11(18)8-15(13)19/h3-9H,1-2H3. The molecule has 0 saturated heterocycles. The number of hydrogen-bond donors (Lipinski definition) is 0. The Kier molecular flexibility index (Phi) is 3.09. The van der Waals surface area contributed by atoms with Gasteiger partial charge in [0.2, 0.25) is 0 Å². The molecule has 2 aromatic carbocycles. The number of ketones is 1. The molecule has 0 bridgehead atoms. The van der Waals surface area contributed by atoms with E-state index < -0.39 is 17.4 Å². The monoisotopic (exact) mass is 285 g/mol. The third-order valence-corrected chi connectivity index (χ3v) is 3.57. The SMILES string of the molecule is Cc1ccc2c(C(=O)c3ccc(F)cc3F)cn(C)c2c1. The summed E-state index contributed by atoms with van der Waals surface area (Å²) in [5, 5.41) is 0.761. The molecule has 0 radical (unpaired) electrons. The summed E-state index contributed by atoms with van der Waals surface area (Å²) in [6.07, 6.45) is 1.68. The van der Waals surface area contributed by atoms with Gasteiger partial charge in [-0.1, -0.05) is 12.1 Å². The molecule has 4 heteroatoms. The van der Waals surface area contributed by atoms with Crippen molar-refractivity contribution in [3.05, 3.63) is 70.9 Å². The van der Waals surface area contributed by atoms with Crippen molar-refractivity contribution < 1.29 is 13.6 Å². The number of halogens is 2. The van der Waals surface area contributed by atoms with Crippen LogP contribution in [0.3, 0.4) is 0 Å². The highest BCUT2D eigenvalue weighted by molar-refractivity contribution is 6.16. The lowest BCUT2D eigenvalue weighted by Crippen LogP contribution is -2.04. The van der Waals surface area contributed by atoms with Crippen molar-refractivity contribution in [1.29, 1.82) is 0 Å². The highest BCUT2D eigenvalue weighted by atomic mass is 19.1. The number of carbonyl (C=O) groups excluding carboxylic acids is 1. The van der Waals surface area contributed by atoms with E-state index in [9.17, 15) is 13.6 Å². The Morgan fingerprint density at radius 2 is 1.81 bits per heavy atom. The van der Waals surface area contributed by atoms with E-state index >= 15 is 0 Å². The zero-order valence-electron chi connectivity index (χ0n) is 11.7. The summed E-state index contributed by atoms with van der Waals surface area (Å²) in [6, 6.07) is 8.71. The van der Waals surface area contributed by atoms with Crippen LogP contribution in [-0.2, 0) is 7.05 Å². The molecule has 0 aliphatic rings. The lowest BCUT2D eigenvalue weighted by Gasteiger charge is -2.02. The van der Waals surface area contributed by atoms with Gasteiger partial charge in [0.1, 0.15) is 11.6 Å². The molecule has 0 amide bonds. The molecule has 1 aromatic heterocycles. The van der Waals surface area contributed by atoms with Crippen LogP contribution >= 0.6 is 0 Å². The van der Waals surface area contributed by atoms with Gasteiger partial charge in [-0.05, 0) is 30.7 Å². The van der Waals surface area contributed by atoms with Gasteiger partial charge in [0.15, 0.2) is 5.78 Å². The Balaban J connectivity index is 2.18. The first-order valence-corrected chi connectivity index (χ1v) is 6.53. The predicted octanol–water partition coefficient (Wildman–Crippen LogP) is 4.00. The Labute approximate surface area is 120 Å². The van der Waals surface area contributed by atoms with Gasteiger partial charge in [-0.15, -0.1) is 0 Å². The summed E-state index contributed by atoms with van der Waals surface area (Å²) < 4.78 is 28.6. The molecule has 0 saturated carbocycles. The van der Waals surface area contributed by atoms with Gasteiger partial charge in [0, 0.05) is 35.8 Å². The fourth-order valence-corrected chi connectivity index (χ4v) is 2.49. The lowest BCUT2D eigenvalue weighted by atomic mass is 10.0. The van der Waals surface area contributed by atoms with Crippen LogP contribution in [0.2, 0.25) is 0 Å². The third-order valence-electron chi connectivity index (χ3n) is 3.57. The molecule has 3 aromatic rings. The topological polar surface area (TPSA) is 22.0 Å². The van der Waals surface area contributed by atoms with Gasteiger partial charge in [-0.3, -0.25) is 4.79 Å². The van der Waals surface area contributed by atoms with Gasteiger partial charge < -0.3 is 4.57 Å². The molecule has 0 fully saturated rings. The van der Waals surface area contributed by atoms with Crippen LogP contribution in [0, 0.1) is 18.6 Å². The summed E-state index contributed by atoms with van der Waals surface area (Å²) in [4.78, 5) is 12.5. The zero-order valence-corrected chi connectivity index (χ0v) is 11.7. The Bertz CT molecular complexity index is 865. The molecule has 0 N–H and O–H groups in total. The Hall–Kier alpha value is -2.49. The van der Waals surface area contributed by atoms with E-state index in [-0.39, 0.29) is 5.56 Å². The largest absolute Gasteiger partial charge is 0.350 e. The second kappa shape index (κ2) is 4.81. The fourth-order valence-electron chi connectivity index (χ4n) is 2.49. The van der Waals surface area contributed by atoms with E-state index in [4.69, 9.17) is 0 Å². The summed E-state index contributed by atoms with van der Waals surface area (Å²) in [6.45, 7) is 1.97. The number of aromatic nitrogens is 1. The lowest BCUT2D eigenvalue weighted by molar-refractivity contribution is 0.103. The maximum atomic E-state index is 13.8. The number of aryl methyl sites for hydroxylation is 2. The van der Waals surface area contributed by atoms with Crippen molar-refractivity contribution in [2.45, 2.75) is 6.92 Å². The molecule has 1 heterocycles. The molecular weight excluding hydrogens is 272 g/mol. The van der Waals surface area contributed by atoms with E-state index in [1.54, 1.807) is 6.20 Å². The van der Waals surface area contributed by atoms with Crippen LogP contribution in [0.5, 0.6) is 0 Å². The van der Waals surface area contributed by atoms with Crippen LogP contribution < -0.4 is 0 Å². The molecule has 2 nitrogen and oxygen atoms in total. The summed E-state index contributed by atoms with van der Waals surface area (Å²) in [7, 11) is 1.83. The Morgan fingerprint density at radius 3 is 2.52 bits per heavy atom. The van der Waals surface area contributed by atoms with E-state index in [1.165, 1.54) is 6.07 Å². The first-order valence-electron chi connectivity index (χ1n) is 6.53. The zero-order chi connectivity index (χ0) is 15.1. The van der Waals surface area contributed by atoms with Crippen molar-refractivity contribution in [3.63, 3.8) is 0 Å². The molecular formula is C17H13F2NO. The summed E-state index contributed by atoms with van der Waals surface area (Å²) >= 11 is 0. The second-order valence-electron chi connectivity index (χ2n) is 5.13. The number of rotatable bonds is 2. The van der Waals surface area contributed by atoms with Crippen LogP contribution in [0.4, 0.5) is 8.78 Å². The first kappa shape index (κ1) is 13.5. The van der Waals surface area contributed by atoms with Crippen LogP contribution in [0.25, 0.3) is 10.9 Å². The number of hydrogen-bond acceptors (Lipinski definition) is 1. The van der Waals surface area contributed by atoms with Gasteiger partial charge >= 0.3 is 0 Å². The number of carbonyl (C=O) groups is 1. The molecule has 3 rings (SSSR count). The molecule has 0 aliphatic carbocycles. The van der Waals surface area contributed by atoms with Crippen LogP contribution in [-0.4, -0.2) is 10.4 Å². The quantitative estimate of drug-likeness (QED) is 0.652. The van der Waals surface area contributed by atoms with Crippen molar-refractivity contribution in [3.8, 4) is 0 Å². The second-order valence-corrected chi connectivity index (χ2v) is 5.13. The van der Waals surface area contributed by atoms with Crippen LogP contribution in [0.15, 0.2) is 42.6 Å². The van der Waals surface area contributed by atoms with Gasteiger partial charge in [0.25, 0.3) is 0 Å². The number of nitrogens with zero attached hydrogens (tertiary/aromatic N) is 1. The fraction of sp³-hybridized carbons (Fsp3) is 0.118. The minimum atomic E-state index is -0.843. The van der Waals surface area contributed by atoms with Gasteiger partial charge in [-0.2, -0.15) is 0 Å². The van der Waals surface area contributed by atoms with Crippen molar-refractivity contribution >= 4 is 16.7 Å². The number of fused-ring (bicyclic) bond motifs is 1. The van der Waals surface area contributed by atoms with Gasteiger partial charge in [0.05, 0.1) is 5.56 Å². The van der Waals surface area contributed by atoms with E-state index in [0.717, 1.165) is 28.6 Å². The average molecular weight is 285 g/mol. The third kappa shape index (κ3) is 2.23. The molecule has 0 atom stereocenters. The molecule has 0 spiro atoms. The molecule has 0 aliphatic heterocycles. The number of benzene rings is 2. The first-order chi connectivity index (χ1) is 9.97. The normalized spacial score (nSPS) is 11.0. The summed E-state index contributed by atoms with van der Waals surface area (Å²) in [5.74, 6) is -1.98. The predicted molar refractivity (Wildman–Crippen MR) is 77.4 cm³/mol.